The molecule has 0 bridgehead atoms. The summed E-state index contributed by atoms with van der Waals surface area (Å²) in [4.78, 5) is 3.01. The molecule has 0 aliphatic heterocycles. The lowest BCUT2D eigenvalue weighted by molar-refractivity contribution is 0.470. The summed E-state index contributed by atoms with van der Waals surface area (Å²) in [5, 5.41) is 3.97. The van der Waals surface area contributed by atoms with E-state index in [0.29, 0.717) is 0 Å². The second-order valence-corrected chi connectivity index (χ2v) is 6.03. The number of azide groups is 1. The van der Waals surface area contributed by atoms with Crippen LogP contribution in [-0.4, -0.2) is 6.04 Å². The topological polar surface area (TPSA) is 48.8 Å². The van der Waals surface area contributed by atoms with Gasteiger partial charge in [-0.15, -0.1) is 0 Å². The van der Waals surface area contributed by atoms with Gasteiger partial charge in [0.2, 0.25) is 0 Å². The van der Waals surface area contributed by atoms with E-state index in [4.69, 9.17) is 5.53 Å². The minimum absolute atomic E-state index is 0.262. The molecule has 0 saturated heterocycles. The molecular weight excluding hydrogens is 234 g/mol. The van der Waals surface area contributed by atoms with Crippen LogP contribution < -0.4 is 0 Å². The Hall–Kier alpha value is -0.690. The third kappa shape index (κ3) is 9.84. The summed E-state index contributed by atoms with van der Waals surface area (Å²) >= 11 is 0. The van der Waals surface area contributed by atoms with Gasteiger partial charge in [-0.25, -0.2) is 0 Å². The van der Waals surface area contributed by atoms with E-state index in [-0.39, 0.29) is 6.04 Å². The van der Waals surface area contributed by atoms with Gasteiger partial charge in [-0.05, 0) is 18.4 Å². The summed E-state index contributed by atoms with van der Waals surface area (Å²) in [6.07, 6.45) is 20.0. The number of rotatable bonds is 1. The summed E-state index contributed by atoms with van der Waals surface area (Å²) < 4.78 is 0. The van der Waals surface area contributed by atoms with Gasteiger partial charge in [-0.2, -0.15) is 0 Å². The lowest BCUT2D eigenvalue weighted by Crippen LogP contribution is -2.03. The van der Waals surface area contributed by atoms with Crippen LogP contribution in [0, 0.1) is 0 Å². The van der Waals surface area contributed by atoms with Crippen LogP contribution in [0.5, 0.6) is 0 Å². The lowest BCUT2D eigenvalue weighted by atomic mass is 9.99. The quantitative estimate of drug-likeness (QED) is 0.294. The van der Waals surface area contributed by atoms with E-state index in [9.17, 15) is 0 Å². The van der Waals surface area contributed by atoms with Crippen LogP contribution in [-0.2, 0) is 0 Å². The van der Waals surface area contributed by atoms with Gasteiger partial charge in [-0.3, -0.25) is 0 Å². The van der Waals surface area contributed by atoms with Gasteiger partial charge in [-0.1, -0.05) is 88.6 Å². The van der Waals surface area contributed by atoms with Crippen LogP contribution in [0.15, 0.2) is 5.11 Å². The van der Waals surface area contributed by atoms with Crippen LogP contribution >= 0.6 is 0 Å². The van der Waals surface area contributed by atoms with E-state index in [0.717, 1.165) is 12.8 Å². The Kier molecular flexibility index (Phi) is 10.6. The van der Waals surface area contributed by atoms with Crippen molar-refractivity contribution in [1.29, 1.82) is 0 Å². The summed E-state index contributed by atoms with van der Waals surface area (Å²) in [7, 11) is 0. The molecule has 0 radical (unpaired) electrons. The largest absolute Gasteiger partial charge is 0.0906 e. The SMILES string of the molecule is [N-]=[N+]=NC1CCCCCCCCCCCCCCC1. The van der Waals surface area contributed by atoms with Crippen molar-refractivity contribution in [2.24, 2.45) is 5.11 Å². The van der Waals surface area contributed by atoms with Crippen molar-refractivity contribution >= 4 is 0 Å². The average Bonchev–Trinajstić information content (AvgIpc) is 2.41. The smallest absolute Gasteiger partial charge is 0.0374 e. The van der Waals surface area contributed by atoms with Crippen molar-refractivity contribution in [2.75, 3.05) is 0 Å². The van der Waals surface area contributed by atoms with Gasteiger partial charge in [0.25, 0.3) is 0 Å². The number of hydrogen-bond acceptors (Lipinski definition) is 1. The maximum Gasteiger partial charge on any atom is 0.0374 e. The number of nitrogens with zero attached hydrogens (tertiary/aromatic N) is 3. The van der Waals surface area contributed by atoms with Gasteiger partial charge in [0.1, 0.15) is 0 Å². The summed E-state index contributed by atoms with van der Waals surface area (Å²) in [6, 6.07) is 0.262. The molecule has 0 heterocycles. The summed E-state index contributed by atoms with van der Waals surface area (Å²) in [5.41, 5.74) is 8.62. The van der Waals surface area contributed by atoms with Crippen LogP contribution in [0.4, 0.5) is 0 Å². The van der Waals surface area contributed by atoms with Crippen molar-refractivity contribution in [1.82, 2.24) is 0 Å². The van der Waals surface area contributed by atoms with Crippen LogP contribution in [0.3, 0.4) is 0 Å². The Morgan fingerprint density at radius 1 is 0.579 bits per heavy atom. The summed E-state index contributed by atoms with van der Waals surface area (Å²) in [5.74, 6) is 0. The van der Waals surface area contributed by atoms with E-state index in [1.54, 1.807) is 0 Å². The molecule has 1 aliphatic carbocycles. The molecule has 0 amide bonds. The van der Waals surface area contributed by atoms with Crippen molar-refractivity contribution < 1.29 is 0 Å². The Morgan fingerprint density at radius 3 is 1.21 bits per heavy atom. The highest BCUT2D eigenvalue weighted by molar-refractivity contribution is 4.67. The van der Waals surface area contributed by atoms with Crippen LogP contribution in [0.1, 0.15) is 96.3 Å². The Labute approximate surface area is 118 Å². The van der Waals surface area contributed by atoms with E-state index in [1.807, 2.05) is 0 Å². The molecular formula is C16H31N3. The fourth-order valence-corrected chi connectivity index (χ4v) is 3.04. The second-order valence-electron chi connectivity index (χ2n) is 6.03. The molecule has 0 spiro atoms. The maximum absolute atomic E-state index is 8.62. The predicted octanol–water partition coefficient (Wildman–Crippen LogP) is 6.53. The van der Waals surface area contributed by atoms with Gasteiger partial charge in [0.15, 0.2) is 0 Å². The molecule has 0 aromatic rings. The monoisotopic (exact) mass is 265 g/mol. The molecule has 3 nitrogen and oxygen atoms in total. The van der Waals surface area contributed by atoms with Crippen molar-refractivity contribution in [3.63, 3.8) is 0 Å². The molecule has 1 aliphatic rings. The third-order valence-electron chi connectivity index (χ3n) is 4.29. The van der Waals surface area contributed by atoms with Crippen molar-refractivity contribution in [3.05, 3.63) is 10.4 Å². The van der Waals surface area contributed by atoms with Crippen LogP contribution in [0.25, 0.3) is 10.4 Å². The van der Waals surface area contributed by atoms with E-state index < -0.39 is 0 Å². The minimum Gasteiger partial charge on any atom is -0.0906 e. The molecule has 19 heavy (non-hydrogen) atoms. The maximum atomic E-state index is 8.62. The Bertz CT molecular complexity index is 230. The fourth-order valence-electron chi connectivity index (χ4n) is 3.04. The van der Waals surface area contributed by atoms with E-state index in [2.05, 4.69) is 10.0 Å². The van der Waals surface area contributed by atoms with Crippen LogP contribution in [0.2, 0.25) is 0 Å². The van der Waals surface area contributed by atoms with Gasteiger partial charge in [0.05, 0.1) is 0 Å². The van der Waals surface area contributed by atoms with Crippen molar-refractivity contribution in [3.8, 4) is 0 Å². The standard InChI is InChI=1S/C16H31N3/c17-19-18-16-14-12-10-8-6-4-2-1-3-5-7-9-11-13-15-16/h16H,1-15H2. The predicted molar refractivity (Wildman–Crippen MR) is 82.2 cm³/mol. The highest BCUT2D eigenvalue weighted by Gasteiger charge is 2.06. The van der Waals surface area contributed by atoms with Gasteiger partial charge < -0.3 is 0 Å². The third-order valence-corrected chi connectivity index (χ3v) is 4.29. The molecule has 1 fully saturated rings. The first kappa shape index (κ1) is 16.4. The molecule has 0 unspecified atom stereocenters. The highest BCUT2D eigenvalue weighted by Crippen LogP contribution is 2.18. The summed E-state index contributed by atoms with van der Waals surface area (Å²) in [6.45, 7) is 0. The van der Waals surface area contributed by atoms with Gasteiger partial charge in [0, 0.05) is 11.0 Å². The first-order valence-corrected chi connectivity index (χ1v) is 8.47. The molecule has 0 atom stereocenters. The second kappa shape index (κ2) is 12.3. The normalized spacial score (nSPS) is 22.5. The van der Waals surface area contributed by atoms with Crippen molar-refractivity contribution in [2.45, 2.75) is 102 Å². The molecule has 0 aromatic carbocycles. The molecule has 110 valence electrons. The molecule has 1 rings (SSSR count). The Balaban J connectivity index is 2.24. The fraction of sp³-hybridized carbons (Fsp3) is 1.00. The zero-order valence-electron chi connectivity index (χ0n) is 12.5. The molecule has 1 saturated carbocycles. The first-order valence-electron chi connectivity index (χ1n) is 8.47. The molecule has 0 N–H and O–H groups in total. The first-order chi connectivity index (χ1) is 9.43. The number of hydrogen-bond donors (Lipinski definition) is 0. The highest BCUT2D eigenvalue weighted by atomic mass is 15.1. The lowest BCUT2D eigenvalue weighted by Gasteiger charge is -2.11. The molecule has 0 aromatic heterocycles. The van der Waals surface area contributed by atoms with E-state index >= 15 is 0 Å². The minimum atomic E-state index is 0.262. The average molecular weight is 265 g/mol. The molecule has 3 heteroatoms. The Morgan fingerprint density at radius 2 is 0.895 bits per heavy atom. The zero-order chi connectivity index (χ0) is 13.6. The van der Waals surface area contributed by atoms with E-state index in [1.165, 1.54) is 83.5 Å². The zero-order valence-corrected chi connectivity index (χ0v) is 12.5. The van der Waals surface area contributed by atoms with Gasteiger partial charge >= 0.3 is 0 Å².